The van der Waals surface area contributed by atoms with E-state index in [0.717, 1.165) is 34.2 Å². The Kier molecular flexibility index (Phi) is 8.75. The van der Waals surface area contributed by atoms with Gasteiger partial charge < -0.3 is 9.88 Å². The van der Waals surface area contributed by atoms with Crippen LogP contribution in [0.15, 0.2) is 73.1 Å². The number of anilines is 1. The van der Waals surface area contributed by atoms with E-state index in [9.17, 15) is 32.0 Å². The van der Waals surface area contributed by atoms with Crippen molar-refractivity contribution >= 4 is 68.5 Å². The number of nitrogens with one attached hydrogen (secondary N) is 3. The number of amides is 3. The maximum absolute atomic E-state index is 15.4. The van der Waals surface area contributed by atoms with Crippen LogP contribution in [-0.4, -0.2) is 65.9 Å². The molecule has 0 spiro atoms. The van der Waals surface area contributed by atoms with E-state index in [2.05, 4.69) is 20.0 Å². The number of hydrogen-bond acceptors (Lipinski definition) is 7. The summed E-state index contributed by atoms with van der Waals surface area (Å²) >= 11 is 0. The van der Waals surface area contributed by atoms with E-state index in [1.165, 1.54) is 11.1 Å². The molecule has 1 fully saturated rings. The van der Waals surface area contributed by atoms with Crippen molar-refractivity contribution < 1.29 is 36.4 Å². The number of nitrogens with zero attached hydrogens (tertiary/aromatic N) is 2. The molecule has 15 heteroatoms. The summed E-state index contributed by atoms with van der Waals surface area (Å²) in [6.45, 7) is 1.93. The van der Waals surface area contributed by atoms with Gasteiger partial charge in [-0.3, -0.25) is 29.2 Å². The van der Waals surface area contributed by atoms with Crippen LogP contribution in [-0.2, 0) is 26.2 Å². The zero-order chi connectivity index (χ0) is 36.0. The second-order valence-corrected chi connectivity index (χ2v) is 14.3. The highest BCUT2D eigenvalue weighted by atomic mass is 32.2. The molecule has 1 radical (unpaired) electrons. The second-order valence-electron chi connectivity index (χ2n) is 12.4. The lowest BCUT2D eigenvalue weighted by Gasteiger charge is -2.29. The normalized spacial score (nSPS) is 15.9. The Morgan fingerprint density at radius 3 is 2.53 bits per heavy atom. The monoisotopic (exact) mass is 708 g/mol. The van der Waals surface area contributed by atoms with E-state index in [4.69, 9.17) is 0 Å². The Morgan fingerprint density at radius 2 is 1.78 bits per heavy atom. The van der Waals surface area contributed by atoms with Crippen molar-refractivity contribution in [3.63, 3.8) is 0 Å². The van der Waals surface area contributed by atoms with E-state index < -0.39 is 50.6 Å². The van der Waals surface area contributed by atoms with E-state index in [1.807, 2.05) is 43.7 Å². The molecule has 1 unspecified atom stereocenters. The number of hydrogen-bond donors (Lipinski definition) is 3. The first-order valence-corrected chi connectivity index (χ1v) is 17.8. The van der Waals surface area contributed by atoms with Gasteiger partial charge >= 0.3 is 0 Å². The molecular formula is C36H29BF2N5O6S. The Morgan fingerprint density at radius 1 is 1.02 bits per heavy atom. The smallest absolute Gasteiger partial charge is 0.255 e. The minimum Gasteiger partial charge on any atom is -0.345 e. The Bertz CT molecular complexity index is 2380. The zero-order valence-corrected chi connectivity index (χ0v) is 27.9. The lowest BCUT2D eigenvalue weighted by Crippen LogP contribution is -2.52. The molecule has 3 amide bonds. The average molecular weight is 709 g/mol. The van der Waals surface area contributed by atoms with Crippen LogP contribution in [0.2, 0.25) is 0 Å². The van der Waals surface area contributed by atoms with E-state index in [-0.39, 0.29) is 42.4 Å². The number of H-pyrrole nitrogens is 1. The number of sulfonamides is 1. The predicted octanol–water partition coefficient (Wildman–Crippen LogP) is 3.31. The van der Waals surface area contributed by atoms with Gasteiger partial charge in [-0.2, -0.15) is 0 Å². The van der Waals surface area contributed by atoms with Crippen LogP contribution in [0.1, 0.15) is 58.0 Å². The maximum atomic E-state index is 15.4. The van der Waals surface area contributed by atoms with Gasteiger partial charge in [-0.05, 0) is 42.2 Å². The number of fused-ring (bicyclic) bond motifs is 2. The molecular weight excluding hydrogens is 679 g/mol. The standard InChI is InChI=1S/C36H29BF2N5O6S/c1-2-13-51(49,50)43-28-10-9-27(38)31(32(28)39)33(46)26-17-41-34-25(26)14-21(16-40-34)19-3-6-22(7-4-19)37-23-8-5-20-18-44(36(48)24(20)15-23)29-11-12-30(45)42-35(29)47/h3-10,14-17,29,43H,2,11-13,18H2,1H3,(H,40,41)(H,42,45,47). The van der Waals surface area contributed by atoms with E-state index in [0.29, 0.717) is 28.7 Å². The SMILES string of the molecule is CCCS(=O)(=O)Nc1ccc(F)c(C(=O)c2c[nH]c3ncc(-c4ccc([B]c5ccc6c(c5)C(=O)N(C5CCC(=O)NC5=O)C6)cc4)cc23)c1F. The van der Waals surface area contributed by atoms with Crippen molar-refractivity contribution in [3.05, 3.63) is 107 Å². The molecule has 0 saturated carbocycles. The van der Waals surface area contributed by atoms with Crippen molar-refractivity contribution in [1.82, 2.24) is 20.2 Å². The molecule has 0 bridgehead atoms. The van der Waals surface area contributed by atoms with Crippen LogP contribution >= 0.6 is 0 Å². The van der Waals surface area contributed by atoms with Crippen molar-refractivity contribution in [2.45, 2.75) is 38.8 Å². The summed E-state index contributed by atoms with van der Waals surface area (Å²) in [6.07, 6.45) is 3.65. The summed E-state index contributed by atoms with van der Waals surface area (Å²) in [5, 5.41) is 2.62. The molecule has 257 valence electrons. The fourth-order valence-electron chi connectivity index (χ4n) is 6.44. The third-order valence-electron chi connectivity index (χ3n) is 8.96. The van der Waals surface area contributed by atoms with E-state index in [1.54, 1.807) is 25.3 Å². The molecule has 11 nitrogen and oxygen atoms in total. The molecule has 51 heavy (non-hydrogen) atoms. The topological polar surface area (TPSA) is 158 Å². The summed E-state index contributed by atoms with van der Waals surface area (Å²) in [7, 11) is -2.00. The summed E-state index contributed by atoms with van der Waals surface area (Å²) in [6, 6.07) is 15.7. The molecule has 2 aromatic heterocycles. The number of carbonyl (C=O) groups excluding carboxylic acids is 4. The number of ketones is 1. The van der Waals surface area contributed by atoms with Gasteiger partial charge in [-0.25, -0.2) is 22.2 Å². The van der Waals surface area contributed by atoms with Gasteiger partial charge in [0.2, 0.25) is 27.6 Å². The minimum absolute atomic E-state index is 0.0435. The highest BCUT2D eigenvalue weighted by Gasteiger charge is 2.39. The number of pyridine rings is 1. The maximum Gasteiger partial charge on any atom is 0.255 e. The van der Waals surface area contributed by atoms with Gasteiger partial charge in [-0.1, -0.05) is 60.3 Å². The zero-order valence-electron chi connectivity index (χ0n) is 27.1. The molecule has 0 aliphatic carbocycles. The fourth-order valence-corrected chi connectivity index (χ4v) is 7.57. The van der Waals surface area contributed by atoms with Gasteiger partial charge in [0, 0.05) is 47.4 Å². The van der Waals surface area contributed by atoms with Crippen molar-refractivity contribution in [2.24, 2.45) is 0 Å². The molecule has 3 aromatic carbocycles. The number of benzene rings is 3. The summed E-state index contributed by atoms with van der Waals surface area (Å²) in [4.78, 5) is 59.4. The largest absolute Gasteiger partial charge is 0.345 e. The van der Waals surface area contributed by atoms with Gasteiger partial charge in [0.25, 0.3) is 5.91 Å². The summed E-state index contributed by atoms with van der Waals surface area (Å²) in [5.41, 5.74) is 3.14. The lowest BCUT2D eigenvalue weighted by molar-refractivity contribution is -0.136. The third-order valence-corrected chi connectivity index (χ3v) is 10.4. The average Bonchev–Trinajstić information content (AvgIpc) is 3.67. The third kappa shape index (κ3) is 6.52. The quantitative estimate of drug-likeness (QED) is 0.114. The number of aromatic amines is 1. The van der Waals surface area contributed by atoms with Crippen LogP contribution in [0.3, 0.4) is 0 Å². The van der Waals surface area contributed by atoms with Crippen molar-refractivity contribution in [1.29, 1.82) is 0 Å². The number of piperidine rings is 1. The summed E-state index contributed by atoms with van der Waals surface area (Å²) in [5.74, 6) is -4.77. The lowest BCUT2D eigenvalue weighted by atomic mass is 9.63. The highest BCUT2D eigenvalue weighted by Crippen LogP contribution is 2.30. The molecule has 1 atom stereocenters. The van der Waals surface area contributed by atoms with Crippen LogP contribution in [0.25, 0.3) is 22.2 Å². The summed E-state index contributed by atoms with van der Waals surface area (Å²) < 4.78 is 56.9. The Balaban J connectivity index is 1.09. The molecule has 3 N–H and O–H groups in total. The first-order valence-electron chi connectivity index (χ1n) is 16.2. The Hall–Kier alpha value is -5.70. The number of imide groups is 1. The van der Waals surface area contributed by atoms with Gasteiger partial charge in [-0.15, -0.1) is 0 Å². The molecule has 1 saturated heterocycles. The van der Waals surface area contributed by atoms with Crippen molar-refractivity contribution in [2.75, 3.05) is 10.5 Å². The number of rotatable bonds is 10. The van der Waals surface area contributed by atoms with E-state index >= 15 is 4.39 Å². The van der Waals surface area contributed by atoms with Gasteiger partial charge in [0.05, 0.1) is 17.0 Å². The number of halogens is 2. The van der Waals surface area contributed by atoms with Gasteiger partial charge in [0.1, 0.15) is 17.5 Å². The second kappa shape index (κ2) is 13.2. The molecule has 4 heterocycles. The van der Waals surface area contributed by atoms with Crippen LogP contribution in [0.5, 0.6) is 0 Å². The first kappa shape index (κ1) is 33.8. The predicted molar refractivity (Wildman–Crippen MR) is 187 cm³/mol. The molecule has 2 aliphatic rings. The first-order chi connectivity index (χ1) is 24.4. The number of carbonyl (C=O) groups is 4. The molecule has 7 rings (SSSR count). The fraction of sp³-hybridized carbons (Fsp3) is 0.194. The molecule has 2 aliphatic heterocycles. The van der Waals surface area contributed by atoms with Crippen LogP contribution in [0, 0.1) is 11.6 Å². The highest BCUT2D eigenvalue weighted by molar-refractivity contribution is 7.92. The molecule has 5 aromatic rings. The van der Waals surface area contributed by atoms with Crippen LogP contribution in [0.4, 0.5) is 14.5 Å². The van der Waals surface area contributed by atoms with Crippen molar-refractivity contribution in [3.8, 4) is 11.1 Å². The van der Waals surface area contributed by atoms with Gasteiger partial charge in [0.15, 0.2) is 13.1 Å². The minimum atomic E-state index is -3.90. The number of aromatic nitrogens is 2. The Labute approximate surface area is 291 Å². The van der Waals surface area contributed by atoms with Crippen LogP contribution < -0.4 is 21.0 Å².